The second-order valence-electron chi connectivity index (χ2n) is 6.04. The Morgan fingerprint density at radius 1 is 1.15 bits per heavy atom. The molecule has 0 aliphatic carbocycles. The molecule has 2 amide bonds. The molecule has 1 aliphatic rings. The van der Waals surface area contributed by atoms with E-state index in [9.17, 15) is 18.8 Å². The van der Waals surface area contributed by atoms with Gasteiger partial charge in [0.15, 0.2) is 6.61 Å². The fourth-order valence-electron chi connectivity index (χ4n) is 2.72. The van der Waals surface area contributed by atoms with Crippen molar-refractivity contribution in [1.82, 2.24) is 0 Å². The van der Waals surface area contributed by atoms with Gasteiger partial charge in [0.05, 0.1) is 5.92 Å². The number of nitrogens with one attached hydrogen (secondary N) is 1. The maximum atomic E-state index is 13.0. The Morgan fingerprint density at radius 2 is 1.81 bits per heavy atom. The minimum atomic E-state index is -0.675. The maximum absolute atomic E-state index is 13.0. The van der Waals surface area contributed by atoms with Gasteiger partial charge in [0.2, 0.25) is 5.91 Å². The number of rotatable bonds is 5. The van der Waals surface area contributed by atoms with Gasteiger partial charge in [0.1, 0.15) is 5.82 Å². The average Bonchev–Trinajstić information content (AvgIpc) is 3.04. The minimum absolute atomic E-state index is 0.0188. The Kier molecular flexibility index (Phi) is 5.71. The van der Waals surface area contributed by atoms with Gasteiger partial charge in [-0.2, -0.15) is 0 Å². The molecule has 8 heteroatoms. The molecule has 0 unspecified atom stereocenters. The molecule has 6 nitrogen and oxygen atoms in total. The molecule has 2 aromatic carbocycles. The lowest BCUT2D eigenvalue weighted by Crippen LogP contribution is -2.28. The average molecular weight is 391 g/mol. The summed E-state index contributed by atoms with van der Waals surface area (Å²) in [5, 5.41) is 3.11. The fourth-order valence-corrected chi connectivity index (χ4v) is 2.85. The zero-order valence-corrected chi connectivity index (χ0v) is 14.9. The van der Waals surface area contributed by atoms with E-state index in [1.54, 1.807) is 24.3 Å². The van der Waals surface area contributed by atoms with Crippen molar-refractivity contribution in [3.63, 3.8) is 0 Å². The van der Waals surface area contributed by atoms with Gasteiger partial charge in [-0.25, -0.2) is 4.39 Å². The third-order valence-corrected chi connectivity index (χ3v) is 4.32. The fraction of sp³-hybridized carbons (Fsp3) is 0.211. The topological polar surface area (TPSA) is 75.7 Å². The molecule has 1 N–H and O–H groups in total. The number of hydrogen-bond acceptors (Lipinski definition) is 4. The number of anilines is 2. The normalized spacial score (nSPS) is 16.3. The van der Waals surface area contributed by atoms with Crippen molar-refractivity contribution in [2.24, 2.45) is 5.92 Å². The summed E-state index contributed by atoms with van der Waals surface area (Å²) in [5.74, 6) is -2.46. The van der Waals surface area contributed by atoms with Crippen molar-refractivity contribution in [3.05, 3.63) is 59.4 Å². The van der Waals surface area contributed by atoms with Crippen LogP contribution in [0.1, 0.15) is 6.42 Å². The second kappa shape index (κ2) is 8.18. The quantitative estimate of drug-likeness (QED) is 0.796. The lowest BCUT2D eigenvalue weighted by Gasteiger charge is -2.16. The van der Waals surface area contributed by atoms with Crippen LogP contribution in [0.3, 0.4) is 0 Å². The summed E-state index contributed by atoms with van der Waals surface area (Å²) in [6, 6.07) is 11.9. The molecule has 0 saturated carbocycles. The van der Waals surface area contributed by atoms with Crippen LogP contribution >= 0.6 is 11.6 Å². The van der Waals surface area contributed by atoms with Gasteiger partial charge in [-0.1, -0.05) is 11.6 Å². The smallest absolute Gasteiger partial charge is 0.311 e. The first-order valence-corrected chi connectivity index (χ1v) is 8.58. The van der Waals surface area contributed by atoms with E-state index in [0.717, 1.165) is 0 Å². The van der Waals surface area contributed by atoms with Gasteiger partial charge in [0, 0.05) is 29.4 Å². The van der Waals surface area contributed by atoms with E-state index in [1.807, 2.05) is 0 Å². The SMILES string of the molecule is O=C(COC(=O)[C@H]1CC(=O)N(c2ccc(F)cc2)C1)Nc1ccc(Cl)cc1. The molecule has 0 spiro atoms. The zero-order valence-electron chi connectivity index (χ0n) is 14.2. The van der Waals surface area contributed by atoms with Gasteiger partial charge in [0.25, 0.3) is 5.91 Å². The van der Waals surface area contributed by atoms with Crippen LogP contribution in [-0.2, 0) is 19.1 Å². The lowest BCUT2D eigenvalue weighted by molar-refractivity contribution is -0.151. The Balaban J connectivity index is 1.51. The van der Waals surface area contributed by atoms with Gasteiger partial charge < -0.3 is 15.0 Å². The standard InChI is InChI=1S/C19H16ClFN2O4/c20-13-1-5-15(6-2-13)22-17(24)11-27-19(26)12-9-18(25)23(10-12)16-7-3-14(21)4-8-16/h1-8,12H,9-11H2,(H,22,24)/t12-/m0/s1. The minimum Gasteiger partial charge on any atom is -0.455 e. The molecule has 1 fully saturated rings. The molecule has 27 heavy (non-hydrogen) atoms. The summed E-state index contributed by atoms with van der Waals surface area (Å²) in [7, 11) is 0. The van der Waals surface area contributed by atoms with Crippen LogP contribution in [-0.4, -0.2) is 30.9 Å². The van der Waals surface area contributed by atoms with Crippen molar-refractivity contribution in [2.75, 3.05) is 23.4 Å². The van der Waals surface area contributed by atoms with Crippen LogP contribution in [0.4, 0.5) is 15.8 Å². The Morgan fingerprint density at radius 3 is 2.48 bits per heavy atom. The number of carbonyl (C=O) groups excluding carboxylic acids is 3. The molecule has 3 rings (SSSR count). The van der Waals surface area contributed by atoms with E-state index in [0.29, 0.717) is 16.4 Å². The molecule has 2 aromatic rings. The summed E-state index contributed by atoms with van der Waals surface area (Å²) < 4.78 is 18.0. The molecule has 0 bridgehead atoms. The highest BCUT2D eigenvalue weighted by Crippen LogP contribution is 2.26. The maximum Gasteiger partial charge on any atom is 0.311 e. The third-order valence-electron chi connectivity index (χ3n) is 4.07. The Labute approximate surface area is 159 Å². The first-order chi connectivity index (χ1) is 12.9. The Hall–Kier alpha value is -2.93. The molecular weight excluding hydrogens is 375 g/mol. The van der Waals surface area contributed by atoms with Gasteiger partial charge in [-0.15, -0.1) is 0 Å². The van der Waals surface area contributed by atoms with Crippen LogP contribution in [0.5, 0.6) is 0 Å². The van der Waals surface area contributed by atoms with E-state index in [2.05, 4.69) is 5.32 Å². The molecule has 0 radical (unpaired) electrons. The van der Waals surface area contributed by atoms with Crippen LogP contribution in [0.25, 0.3) is 0 Å². The molecule has 1 heterocycles. The van der Waals surface area contributed by atoms with Gasteiger partial charge >= 0.3 is 5.97 Å². The Bertz CT molecular complexity index is 855. The highest BCUT2D eigenvalue weighted by atomic mass is 35.5. The van der Waals surface area contributed by atoms with Crippen molar-refractivity contribution in [1.29, 1.82) is 0 Å². The highest BCUT2D eigenvalue weighted by Gasteiger charge is 2.36. The predicted molar refractivity (Wildman–Crippen MR) is 97.9 cm³/mol. The number of hydrogen-bond donors (Lipinski definition) is 1. The summed E-state index contributed by atoms with van der Waals surface area (Å²) in [6.45, 7) is -0.329. The molecule has 0 aromatic heterocycles. The predicted octanol–water partition coefficient (Wildman–Crippen LogP) is 3.01. The summed E-state index contributed by atoms with van der Waals surface area (Å²) in [4.78, 5) is 37.5. The molecule has 1 atom stereocenters. The summed E-state index contributed by atoms with van der Waals surface area (Å²) in [6.07, 6.45) is -0.0188. The van der Waals surface area contributed by atoms with Crippen molar-refractivity contribution in [3.8, 4) is 0 Å². The van der Waals surface area contributed by atoms with E-state index in [1.165, 1.54) is 29.2 Å². The highest BCUT2D eigenvalue weighted by molar-refractivity contribution is 6.30. The van der Waals surface area contributed by atoms with Crippen LogP contribution in [0.2, 0.25) is 5.02 Å². The molecule has 1 saturated heterocycles. The second-order valence-corrected chi connectivity index (χ2v) is 6.48. The van der Waals surface area contributed by atoms with Crippen LogP contribution in [0, 0.1) is 11.7 Å². The molecular formula is C19H16ClFN2O4. The van der Waals surface area contributed by atoms with Crippen molar-refractivity contribution < 1.29 is 23.5 Å². The van der Waals surface area contributed by atoms with Gasteiger partial charge in [-0.05, 0) is 48.5 Å². The van der Waals surface area contributed by atoms with Crippen LogP contribution in [0.15, 0.2) is 48.5 Å². The number of halogens is 2. The number of esters is 1. The van der Waals surface area contributed by atoms with E-state index >= 15 is 0 Å². The number of benzene rings is 2. The van der Waals surface area contributed by atoms with E-state index < -0.39 is 30.2 Å². The molecule has 140 valence electrons. The third kappa shape index (κ3) is 4.83. The summed E-state index contributed by atoms with van der Waals surface area (Å²) in [5.41, 5.74) is 1.04. The largest absolute Gasteiger partial charge is 0.455 e. The van der Waals surface area contributed by atoms with E-state index in [4.69, 9.17) is 16.3 Å². The summed E-state index contributed by atoms with van der Waals surface area (Å²) >= 11 is 5.77. The number of nitrogens with zero attached hydrogens (tertiary/aromatic N) is 1. The van der Waals surface area contributed by atoms with Crippen molar-refractivity contribution >= 4 is 40.8 Å². The monoisotopic (exact) mass is 390 g/mol. The number of ether oxygens (including phenoxy) is 1. The van der Waals surface area contributed by atoms with Crippen LogP contribution < -0.4 is 10.2 Å². The zero-order chi connectivity index (χ0) is 19.4. The van der Waals surface area contributed by atoms with Crippen molar-refractivity contribution in [2.45, 2.75) is 6.42 Å². The number of carbonyl (C=O) groups is 3. The first-order valence-electron chi connectivity index (χ1n) is 8.20. The van der Waals surface area contributed by atoms with Gasteiger partial charge in [-0.3, -0.25) is 14.4 Å². The first kappa shape index (κ1) is 18.8. The lowest BCUT2D eigenvalue weighted by atomic mass is 10.1. The molecule has 1 aliphatic heterocycles. The van der Waals surface area contributed by atoms with E-state index in [-0.39, 0.29) is 18.9 Å². The number of amides is 2.